The maximum Gasteiger partial charge on any atom is 0.202 e. The van der Waals surface area contributed by atoms with E-state index in [-0.39, 0.29) is 23.5 Å². The summed E-state index contributed by atoms with van der Waals surface area (Å²) in [5, 5.41) is 0.610. The van der Waals surface area contributed by atoms with E-state index in [1.165, 1.54) is 6.07 Å². The van der Waals surface area contributed by atoms with Crippen molar-refractivity contribution in [1.29, 1.82) is 0 Å². The van der Waals surface area contributed by atoms with E-state index in [0.717, 1.165) is 16.7 Å². The van der Waals surface area contributed by atoms with Crippen LogP contribution in [-0.2, 0) is 6.42 Å². The molecule has 106 valence electrons. The Balaban J connectivity index is 1.91. The van der Waals surface area contributed by atoms with Gasteiger partial charge in [0.25, 0.3) is 0 Å². The fraction of sp³-hybridized carbons (Fsp3) is 0.167. The summed E-state index contributed by atoms with van der Waals surface area (Å²) in [6, 6.07) is 12.3. The second kappa shape index (κ2) is 5.17. The number of benzene rings is 2. The molecule has 3 rings (SSSR count). The molecule has 3 aromatic rings. The van der Waals surface area contributed by atoms with Gasteiger partial charge in [0.15, 0.2) is 17.2 Å². The van der Waals surface area contributed by atoms with Crippen LogP contribution < -0.4 is 0 Å². The number of carbonyl (C=O) groups is 1. The van der Waals surface area contributed by atoms with Crippen molar-refractivity contribution in [2.45, 2.75) is 20.3 Å². The lowest BCUT2D eigenvalue weighted by Gasteiger charge is -2.03. The minimum Gasteiger partial charge on any atom is -0.450 e. The number of ketones is 1. The Morgan fingerprint density at radius 1 is 1.10 bits per heavy atom. The van der Waals surface area contributed by atoms with Crippen LogP contribution in [0.4, 0.5) is 4.39 Å². The highest BCUT2D eigenvalue weighted by Gasteiger charge is 2.15. The van der Waals surface area contributed by atoms with Crippen molar-refractivity contribution in [2.75, 3.05) is 0 Å². The molecule has 0 aliphatic heterocycles. The first-order chi connectivity index (χ1) is 10.0. The molecule has 0 N–H and O–H groups in total. The molecular formula is C18H15FO2. The van der Waals surface area contributed by atoms with E-state index >= 15 is 0 Å². The number of halogens is 1. The third-order valence-electron chi connectivity index (χ3n) is 3.42. The maximum atomic E-state index is 13.6. The van der Waals surface area contributed by atoms with Gasteiger partial charge in [-0.15, -0.1) is 0 Å². The Labute approximate surface area is 122 Å². The standard InChI is InChI=1S/C18H15FO2/c1-11-6-12(2)8-13(7-11)9-16(20)17-10-14-4-3-5-15(19)18(14)21-17/h3-8,10H,9H2,1-2H3. The van der Waals surface area contributed by atoms with E-state index in [2.05, 4.69) is 6.07 Å². The molecule has 0 aliphatic rings. The summed E-state index contributed by atoms with van der Waals surface area (Å²) in [6.45, 7) is 4.00. The van der Waals surface area contributed by atoms with E-state index in [4.69, 9.17) is 4.42 Å². The number of carbonyl (C=O) groups excluding carboxylic acids is 1. The normalized spacial score (nSPS) is 11.0. The maximum absolute atomic E-state index is 13.6. The molecule has 0 spiro atoms. The Morgan fingerprint density at radius 2 is 1.81 bits per heavy atom. The number of furan rings is 1. The summed E-state index contributed by atoms with van der Waals surface area (Å²) in [4.78, 5) is 12.3. The summed E-state index contributed by atoms with van der Waals surface area (Å²) >= 11 is 0. The van der Waals surface area contributed by atoms with Gasteiger partial charge in [-0.25, -0.2) is 4.39 Å². The Hall–Kier alpha value is -2.42. The first-order valence-electron chi connectivity index (χ1n) is 6.81. The lowest BCUT2D eigenvalue weighted by atomic mass is 10.0. The lowest BCUT2D eigenvalue weighted by Crippen LogP contribution is -2.02. The van der Waals surface area contributed by atoms with Crippen LogP contribution in [0.25, 0.3) is 11.0 Å². The molecule has 2 aromatic carbocycles. The minimum atomic E-state index is -0.446. The molecule has 0 fully saturated rings. The van der Waals surface area contributed by atoms with Gasteiger partial charge in [0, 0.05) is 11.8 Å². The summed E-state index contributed by atoms with van der Waals surface area (Å²) < 4.78 is 19.0. The van der Waals surface area contributed by atoms with Gasteiger partial charge in [0.1, 0.15) is 0 Å². The number of para-hydroxylation sites is 1. The third-order valence-corrected chi connectivity index (χ3v) is 3.42. The zero-order chi connectivity index (χ0) is 15.0. The van der Waals surface area contributed by atoms with Crippen molar-refractivity contribution in [3.05, 3.63) is 70.7 Å². The lowest BCUT2D eigenvalue weighted by molar-refractivity contribution is 0.0968. The molecule has 1 heterocycles. The summed E-state index contributed by atoms with van der Waals surface area (Å²) in [7, 11) is 0. The van der Waals surface area contributed by atoms with Gasteiger partial charge in [-0.05, 0) is 31.5 Å². The monoisotopic (exact) mass is 282 g/mol. The molecule has 21 heavy (non-hydrogen) atoms. The molecule has 0 saturated carbocycles. The molecule has 0 saturated heterocycles. The first kappa shape index (κ1) is 13.6. The first-order valence-corrected chi connectivity index (χ1v) is 6.81. The predicted octanol–water partition coefficient (Wildman–Crippen LogP) is 4.61. The molecule has 0 bridgehead atoms. The zero-order valence-electron chi connectivity index (χ0n) is 11.9. The number of aryl methyl sites for hydroxylation is 2. The molecule has 0 atom stereocenters. The van der Waals surface area contributed by atoms with Gasteiger partial charge in [-0.3, -0.25) is 4.79 Å². The number of hydrogen-bond acceptors (Lipinski definition) is 2. The molecule has 1 aromatic heterocycles. The topological polar surface area (TPSA) is 30.2 Å². The largest absolute Gasteiger partial charge is 0.450 e. The fourth-order valence-corrected chi connectivity index (χ4v) is 2.61. The third kappa shape index (κ3) is 2.72. The quantitative estimate of drug-likeness (QED) is 0.656. The molecule has 3 heteroatoms. The number of hydrogen-bond donors (Lipinski definition) is 0. The average molecular weight is 282 g/mol. The molecule has 0 aliphatic carbocycles. The fourth-order valence-electron chi connectivity index (χ4n) is 2.61. The van der Waals surface area contributed by atoms with Gasteiger partial charge < -0.3 is 4.42 Å². The van der Waals surface area contributed by atoms with Gasteiger partial charge >= 0.3 is 0 Å². The van der Waals surface area contributed by atoms with Gasteiger partial charge in [-0.1, -0.05) is 41.5 Å². The Morgan fingerprint density at radius 3 is 2.48 bits per heavy atom. The van der Waals surface area contributed by atoms with E-state index in [0.29, 0.717) is 5.39 Å². The van der Waals surface area contributed by atoms with Gasteiger partial charge in [-0.2, -0.15) is 0 Å². The highest BCUT2D eigenvalue weighted by molar-refractivity contribution is 5.98. The van der Waals surface area contributed by atoms with E-state index in [1.54, 1.807) is 18.2 Å². The van der Waals surface area contributed by atoms with Crippen molar-refractivity contribution in [1.82, 2.24) is 0 Å². The van der Waals surface area contributed by atoms with Crippen LogP contribution in [0.1, 0.15) is 27.2 Å². The summed E-state index contributed by atoms with van der Waals surface area (Å²) in [6.07, 6.45) is 0.254. The van der Waals surface area contributed by atoms with Crippen LogP contribution in [-0.4, -0.2) is 5.78 Å². The highest BCUT2D eigenvalue weighted by Crippen LogP contribution is 2.23. The van der Waals surface area contributed by atoms with Crippen LogP contribution in [0.3, 0.4) is 0 Å². The molecule has 2 nitrogen and oxygen atoms in total. The predicted molar refractivity (Wildman–Crippen MR) is 80.1 cm³/mol. The second-order valence-corrected chi connectivity index (χ2v) is 5.36. The van der Waals surface area contributed by atoms with Crippen LogP contribution in [0.2, 0.25) is 0 Å². The van der Waals surface area contributed by atoms with E-state index in [1.807, 2.05) is 26.0 Å². The van der Waals surface area contributed by atoms with Crippen molar-refractivity contribution in [2.24, 2.45) is 0 Å². The van der Waals surface area contributed by atoms with Crippen LogP contribution >= 0.6 is 0 Å². The van der Waals surface area contributed by atoms with Crippen LogP contribution in [0.5, 0.6) is 0 Å². The van der Waals surface area contributed by atoms with Crippen LogP contribution in [0.15, 0.2) is 46.9 Å². The van der Waals surface area contributed by atoms with Crippen molar-refractivity contribution >= 4 is 16.8 Å². The summed E-state index contributed by atoms with van der Waals surface area (Å²) in [5.74, 6) is -0.386. The van der Waals surface area contributed by atoms with E-state index < -0.39 is 5.82 Å². The average Bonchev–Trinajstić information content (AvgIpc) is 2.83. The number of fused-ring (bicyclic) bond motifs is 1. The Kier molecular flexibility index (Phi) is 3.34. The second-order valence-electron chi connectivity index (χ2n) is 5.36. The van der Waals surface area contributed by atoms with Crippen LogP contribution in [0, 0.1) is 19.7 Å². The van der Waals surface area contributed by atoms with E-state index in [9.17, 15) is 9.18 Å². The number of Topliss-reactive ketones (excluding diaryl/α,β-unsaturated/α-hetero) is 1. The van der Waals surface area contributed by atoms with Crippen molar-refractivity contribution in [3.8, 4) is 0 Å². The SMILES string of the molecule is Cc1cc(C)cc(CC(=O)c2cc3cccc(F)c3o2)c1. The van der Waals surface area contributed by atoms with Gasteiger partial charge in [0.2, 0.25) is 5.78 Å². The molecule has 0 unspecified atom stereocenters. The van der Waals surface area contributed by atoms with Gasteiger partial charge in [0.05, 0.1) is 0 Å². The molecular weight excluding hydrogens is 267 g/mol. The smallest absolute Gasteiger partial charge is 0.202 e. The minimum absolute atomic E-state index is 0.140. The van der Waals surface area contributed by atoms with Crippen molar-refractivity contribution in [3.63, 3.8) is 0 Å². The van der Waals surface area contributed by atoms with Crippen molar-refractivity contribution < 1.29 is 13.6 Å². The Bertz CT molecular complexity index is 810. The number of rotatable bonds is 3. The summed E-state index contributed by atoms with van der Waals surface area (Å²) in [5.41, 5.74) is 3.32. The molecule has 0 radical (unpaired) electrons. The zero-order valence-corrected chi connectivity index (χ0v) is 11.9. The molecule has 0 amide bonds. The highest BCUT2D eigenvalue weighted by atomic mass is 19.1.